The molecule has 1 aliphatic carbocycles. The minimum Gasteiger partial charge on any atom is -0.355 e. The molecule has 1 fully saturated rings. The first-order valence-electron chi connectivity index (χ1n) is 6.85. The first-order chi connectivity index (χ1) is 9.15. The maximum atomic E-state index is 11.7. The van der Waals surface area contributed by atoms with Crippen LogP contribution in [-0.4, -0.2) is 19.0 Å². The van der Waals surface area contributed by atoms with Crippen molar-refractivity contribution in [3.05, 3.63) is 34.3 Å². The number of carbonyl (C=O) groups excluding carboxylic acids is 1. The summed E-state index contributed by atoms with van der Waals surface area (Å²) in [5, 5.41) is 3.01. The summed E-state index contributed by atoms with van der Waals surface area (Å²) in [5.74, 6) is 0.145. The summed E-state index contributed by atoms with van der Waals surface area (Å²) >= 11 is 3.52. The van der Waals surface area contributed by atoms with E-state index in [0.29, 0.717) is 13.0 Å². The molecule has 1 amide bonds. The minimum absolute atomic E-state index is 0.145. The van der Waals surface area contributed by atoms with Gasteiger partial charge in [-0.1, -0.05) is 34.1 Å². The van der Waals surface area contributed by atoms with Crippen LogP contribution in [0, 0.1) is 5.41 Å². The van der Waals surface area contributed by atoms with Crippen molar-refractivity contribution in [1.29, 1.82) is 0 Å². The summed E-state index contributed by atoms with van der Waals surface area (Å²) in [4.78, 5) is 11.7. The van der Waals surface area contributed by atoms with Crippen LogP contribution in [-0.2, 0) is 11.2 Å². The Kier molecular flexibility index (Phi) is 4.99. The average Bonchev–Trinajstić information content (AvgIpc) is 3.19. The van der Waals surface area contributed by atoms with Crippen LogP contribution in [0.25, 0.3) is 0 Å². The molecule has 1 aromatic carbocycles. The number of amides is 1. The Hall–Kier alpha value is -0.870. The van der Waals surface area contributed by atoms with E-state index in [4.69, 9.17) is 5.73 Å². The normalized spacial score (nSPS) is 16.1. The number of hydrogen-bond acceptors (Lipinski definition) is 2. The first kappa shape index (κ1) is 14.5. The number of halogens is 1. The number of aryl methyl sites for hydroxylation is 1. The third kappa shape index (κ3) is 4.32. The van der Waals surface area contributed by atoms with Gasteiger partial charge in [0.25, 0.3) is 0 Å². The van der Waals surface area contributed by atoms with Crippen LogP contribution in [0.1, 0.15) is 31.2 Å². The lowest BCUT2D eigenvalue weighted by Crippen LogP contribution is -2.33. The number of nitrogens with one attached hydrogen (secondary N) is 1. The Labute approximate surface area is 123 Å². The standard InChI is InChI=1S/C15H21BrN2O/c16-13-6-2-1-4-12(13)5-3-7-14(19)18-11-15(10-17)8-9-15/h1-2,4,6H,3,5,7-11,17H2,(H,18,19). The predicted octanol–water partition coefficient (Wildman–Crippen LogP) is 2.63. The summed E-state index contributed by atoms with van der Waals surface area (Å²) < 4.78 is 1.12. The van der Waals surface area contributed by atoms with E-state index in [0.717, 1.165) is 36.7 Å². The molecule has 0 spiro atoms. The molecule has 3 N–H and O–H groups in total. The molecule has 1 saturated carbocycles. The lowest BCUT2D eigenvalue weighted by molar-refractivity contribution is -0.121. The van der Waals surface area contributed by atoms with E-state index in [1.165, 1.54) is 5.56 Å². The molecule has 0 unspecified atom stereocenters. The van der Waals surface area contributed by atoms with Crippen molar-refractivity contribution in [1.82, 2.24) is 5.32 Å². The highest BCUT2D eigenvalue weighted by Crippen LogP contribution is 2.43. The smallest absolute Gasteiger partial charge is 0.220 e. The molecule has 1 aliphatic rings. The molecule has 19 heavy (non-hydrogen) atoms. The van der Waals surface area contributed by atoms with Crippen molar-refractivity contribution in [3.63, 3.8) is 0 Å². The topological polar surface area (TPSA) is 55.1 Å². The second-order valence-electron chi connectivity index (χ2n) is 5.43. The van der Waals surface area contributed by atoms with Gasteiger partial charge >= 0.3 is 0 Å². The van der Waals surface area contributed by atoms with Crippen LogP contribution >= 0.6 is 15.9 Å². The van der Waals surface area contributed by atoms with Crippen molar-refractivity contribution >= 4 is 21.8 Å². The first-order valence-corrected chi connectivity index (χ1v) is 7.65. The molecule has 0 aromatic heterocycles. The van der Waals surface area contributed by atoms with Crippen LogP contribution in [0.3, 0.4) is 0 Å². The Morgan fingerprint density at radius 3 is 2.74 bits per heavy atom. The number of hydrogen-bond donors (Lipinski definition) is 2. The summed E-state index contributed by atoms with van der Waals surface area (Å²) in [6.07, 6.45) is 4.70. The number of rotatable bonds is 7. The Morgan fingerprint density at radius 1 is 1.37 bits per heavy atom. The van der Waals surface area contributed by atoms with Gasteiger partial charge in [-0.25, -0.2) is 0 Å². The number of benzene rings is 1. The van der Waals surface area contributed by atoms with Gasteiger partial charge in [0.2, 0.25) is 5.91 Å². The van der Waals surface area contributed by atoms with E-state index in [9.17, 15) is 4.79 Å². The fourth-order valence-corrected chi connectivity index (χ4v) is 2.63. The van der Waals surface area contributed by atoms with Crippen molar-refractivity contribution in [3.8, 4) is 0 Å². The van der Waals surface area contributed by atoms with Crippen molar-refractivity contribution < 1.29 is 4.79 Å². The molecule has 1 aromatic rings. The van der Waals surface area contributed by atoms with E-state index in [1.54, 1.807) is 0 Å². The van der Waals surface area contributed by atoms with Crippen molar-refractivity contribution in [2.75, 3.05) is 13.1 Å². The summed E-state index contributed by atoms with van der Waals surface area (Å²) in [6.45, 7) is 1.43. The van der Waals surface area contributed by atoms with Crippen LogP contribution < -0.4 is 11.1 Å². The summed E-state index contributed by atoms with van der Waals surface area (Å²) in [5.41, 5.74) is 7.17. The van der Waals surface area contributed by atoms with E-state index in [1.807, 2.05) is 18.2 Å². The SMILES string of the molecule is NCC1(CNC(=O)CCCc2ccccc2Br)CC1. The predicted molar refractivity (Wildman–Crippen MR) is 80.8 cm³/mol. The lowest BCUT2D eigenvalue weighted by atomic mass is 10.1. The van der Waals surface area contributed by atoms with Gasteiger partial charge in [0, 0.05) is 17.4 Å². The zero-order valence-electron chi connectivity index (χ0n) is 11.1. The van der Waals surface area contributed by atoms with Crippen LogP contribution in [0.2, 0.25) is 0 Å². The molecule has 0 heterocycles. The Morgan fingerprint density at radius 2 is 2.11 bits per heavy atom. The second kappa shape index (κ2) is 6.53. The van der Waals surface area contributed by atoms with Gasteiger partial charge in [-0.05, 0) is 49.3 Å². The molecule has 3 nitrogen and oxygen atoms in total. The quantitative estimate of drug-likeness (QED) is 0.810. The van der Waals surface area contributed by atoms with Gasteiger partial charge in [0.15, 0.2) is 0 Å². The molecule has 0 bridgehead atoms. The molecule has 0 aliphatic heterocycles. The van der Waals surface area contributed by atoms with Crippen LogP contribution in [0.15, 0.2) is 28.7 Å². The van der Waals surface area contributed by atoms with Crippen molar-refractivity contribution in [2.45, 2.75) is 32.1 Å². The van der Waals surface area contributed by atoms with E-state index in [2.05, 4.69) is 27.3 Å². The van der Waals surface area contributed by atoms with Crippen LogP contribution in [0.5, 0.6) is 0 Å². The van der Waals surface area contributed by atoms with Gasteiger partial charge < -0.3 is 11.1 Å². The zero-order chi connectivity index (χ0) is 13.7. The molecule has 4 heteroatoms. The van der Waals surface area contributed by atoms with Gasteiger partial charge in [-0.2, -0.15) is 0 Å². The molecule has 0 radical (unpaired) electrons. The Bertz CT molecular complexity index is 444. The highest BCUT2D eigenvalue weighted by molar-refractivity contribution is 9.10. The minimum atomic E-state index is 0.145. The fraction of sp³-hybridized carbons (Fsp3) is 0.533. The molecular weight excluding hydrogens is 304 g/mol. The fourth-order valence-electron chi connectivity index (χ4n) is 2.14. The number of nitrogens with two attached hydrogens (primary N) is 1. The molecule has 104 valence electrons. The van der Waals surface area contributed by atoms with Crippen LogP contribution in [0.4, 0.5) is 0 Å². The van der Waals surface area contributed by atoms with Gasteiger partial charge in [-0.15, -0.1) is 0 Å². The van der Waals surface area contributed by atoms with Crippen molar-refractivity contribution in [2.24, 2.45) is 11.1 Å². The van der Waals surface area contributed by atoms with Gasteiger partial charge in [-0.3, -0.25) is 4.79 Å². The van der Waals surface area contributed by atoms with Gasteiger partial charge in [0.05, 0.1) is 0 Å². The summed E-state index contributed by atoms with van der Waals surface area (Å²) in [7, 11) is 0. The lowest BCUT2D eigenvalue weighted by Gasteiger charge is -2.13. The van der Waals surface area contributed by atoms with Gasteiger partial charge in [0.1, 0.15) is 0 Å². The summed E-state index contributed by atoms with van der Waals surface area (Å²) in [6, 6.07) is 8.16. The zero-order valence-corrected chi connectivity index (χ0v) is 12.7. The highest BCUT2D eigenvalue weighted by Gasteiger charge is 2.41. The molecule has 0 atom stereocenters. The third-order valence-electron chi connectivity index (χ3n) is 3.86. The number of carbonyl (C=O) groups is 1. The van der Waals surface area contributed by atoms with E-state index in [-0.39, 0.29) is 11.3 Å². The average molecular weight is 325 g/mol. The molecule has 2 rings (SSSR count). The monoisotopic (exact) mass is 324 g/mol. The second-order valence-corrected chi connectivity index (χ2v) is 6.28. The van der Waals surface area contributed by atoms with E-state index < -0.39 is 0 Å². The Balaban J connectivity index is 1.65. The largest absolute Gasteiger partial charge is 0.355 e. The maximum Gasteiger partial charge on any atom is 0.220 e. The highest BCUT2D eigenvalue weighted by atomic mass is 79.9. The molecule has 0 saturated heterocycles. The molecular formula is C15H21BrN2O. The maximum absolute atomic E-state index is 11.7. The third-order valence-corrected chi connectivity index (χ3v) is 4.63. The van der Waals surface area contributed by atoms with E-state index >= 15 is 0 Å².